The SMILES string of the molecule is CC[C@H](C(=O)NCCOc1ccc(S(=O)(=O)N2CCCCC2)cc1)N(c1cc(Cl)ccc1C)S(C)(=O)=O. The Bertz CT molecular complexity index is 1290. The minimum absolute atomic E-state index is 0.120. The Morgan fingerprint density at radius 2 is 1.73 bits per heavy atom. The van der Waals surface area contributed by atoms with Crippen molar-refractivity contribution < 1.29 is 26.4 Å². The van der Waals surface area contributed by atoms with Crippen molar-refractivity contribution in [1.82, 2.24) is 9.62 Å². The molecule has 1 saturated heterocycles. The van der Waals surface area contributed by atoms with Crippen molar-refractivity contribution in [3.63, 3.8) is 0 Å². The van der Waals surface area contributed by atoms with Gasteiger partial charge in [-0.15, -0.1) is 0 Å². The molecule has 2 aromatic carbocycles. The number of hydrogen-bond donors (Lipinski definition) is 1. The fraction of sp³-hybridized carbons (Fsp3) is 0.480. The van der Waals surface area contributed by atoms with E-state index in [1.165, 1.54) is 22.5 Å². The van der Waals surface area contributed by atoms with Crippen LogP contribution in [0.25, 0.3) is 0 Å². The summed E-state index contributed by atoms with van der Waals surface area (Å²) in [7, 11) is -7.30. The third-order valence-corrected chi connectivity index (χ3v) is 9.50. The number of hydrogen-bond acceptors (Lipinski definition) is 6. The summed E-state index contributed by atoms with van der Waals surface area (Å²) in [5, 5.41) is 3.10. The van der Waals surface area contributed by atoms with E-state index in [1.54, 1.807) is 38.1 Å². The highest BCUT2D eigenvalue weighted by molar-refractivity contribution is 7.92. The minimum atomic E-state index is -3.78. The van der Waals surface area contributed by atoms with E-state index in [1.807, 2.05) is 0 Å². The molecule has 1 amide bonds. The molecule has 1 fully saturated rings. The van der Waals surface area contributed by atoms with E-state index in [-0.39, 0.29) is 24.5 Å². The second-order valence-electron chi connectivity index (χ2n) is 8.99. The topological polar surface area (TPSA) is 113 Å². The summed E-state index contributed by atoms with van der Waals surface area (Å²) in [5.41, 5.74) is 1.03. The Balaban J connectivity index is 1.60. The first-order chi connectivity index (χ1) is 17.4. The third-order valence-electron chi connectivity index (χ3n) is 6.18. The number of aryl methyl sites for hydroxylation is 1. The number of amides is 1. The van der Waals surface area contributed by atoms with Crippen molar-refractivity contribution in [3.8, 4) is 5.75 Å². The van der Waals surface area contributed by atoms with Gasteiger partial charge in [-0.05, 0) is 68.1 Å². The number of carbonyl (C=O) groups is 1. The summed E-state index contributed by atoms with van der Waals surface area (Å²) in [5.74, 6) is 0.00470. The van der Waals surface area contributed by atoms with Gasteiger partial charge in [-0.2, -0.15) is 4.31 Å². The van der Waals surface area contributed by atoms with Crippen molar-refractivity contribution in [3.05, 3.63) is 53.1 Å². The van der Waals surface area contributed by atoms with Gasteiger partial charge in [-0.1, -0.05) is 31.0 Å². The van der Waals surface area contributed by atoms with Crippen LogP contribution in [0.1, 0.15) is 38.2 Å². The summed E-state index contributed by atoms with van der Waals surface area (Å²) in [6, 6.07) is 10.1. The second kappa shape index (κ2) is 12.5. The van der Waals surface area contributed by atoms with Gasteiger partial charge < -0.3 is 10.1 Å². The number of nitrogens with one attached hydrogen (secondary N) is 1. The van der Waals surface area contributed by atoms with E-state index in [4.69, 9.17) is 16.3 Å². The monoisotopic (exact) mass is 571 g/mol. The van der Waals surface area contributed by atoms with Gasteiger partial charge in [0.1, 0.15) is 18.4 Å². The average molecular weight is 572 g/mol. The van der Waals surface area contributed by atoms with Crippen molar-refractivity contribution in [1.29, 1.82) is 0 Å². The van der Waals surface area contributed by atoms with Crippen molar-refractivity contribution >= 4 is 43.2 Å². The van der Waals surface area contributed by atoms with Crippen molar-refractivity contribution in [2.24, 2.45) is 0 Å². The van der Waals surface area contributed by atoms with E-state index < -0.39 is 32.0 Å². The summed E-state index contributed by atoms with van der Waals surface area (Å²) < 4.78 is 59.1. The quantitative estimate of drug-likeness (QED) is 0.413. The van der Waals surface area contributed by atoms with Crippen LogP contribution < -0.4 is 14.4 Å². The van der Waals surface area contributed by atoms with Crippen LogP contribution in [0.5, 0.6) is 5.75 Å². The summed E-state index contributed by atoms with van der Waals surface area (Å²) >= 11 is 6.10. The highest BCUT2D eigenvalue weighted by atomic mass is 35.5. The molecule has 0 bridgehead atoms. The van der Waals surface area contributed by atoms with Crippen molar-refractivity contribution in [2.45, 2.75) is 50.5 Å². The summed E-state index contributed by atoms with van der Waals surface area (Å²) in [6.07, 6.45) is 4.08. The zero-order chi connectivity index (χ0) is 27.2. The lowest BCUT2D eigenvalue weighted by Gasteiger charge is -2.31. The lowest BCUT2D eigenvalue weighted by molar-refractivity contribution is -0.122. The molecule has 37 heavy (non-hydrogen) atoms. The van der Waals surface area contributed by atoms with Crippen LogP contribution >= 0.6 is 11.6 Å². The standard InChI is InChI=1S/C25H34ClN3O6S2/c1-4-23(29(36(3,31)32)24-18-20(26)9-8-19(24)2)25(30)27-14-17-35-21-10-12-22(13-11-21)37(33,34)28-15-6-5-7-16-28/h8-13,18,23H,4-7,14-17H2,1-3H3,(H,27,30)/t23-/m1/s1. The fourth-order valence-corrected chi connectivity index (χ4v) is 7.22. The van der Waals surface area contributed by atoms with Gasteiger partial charge in [0.25, 0.3) is 0 Å². The van der Waals surface area contributed by atoms with Gasteiger partial charge >= 0.3 is 0 Å². The normalized spacial score (nSPS) is 15.7. The molecule has 1 aliphatic heterocycles. The number of sulfonamides is 2. The van der Waals surface area contributed by atoms with Crippen LogP contribution in [0.4, 0.5) is 5.69 Å². The van der Waals surface area contributed by atoms with E-state index >= 15 is 0 Å². The average Bonchev–Trinajstić information content (AvgIpc) is 2.86. The molecule has 1 heterocycles. The van der Waals surface area contributed by atoms with Gasteiger partial charge in [-0.3, -0.25) is 9.10 Å². The number of rotatable bonds is 11. The number of benzene rings is 2. The highest BCUT2D eigenvalue weighted by Gasteiger charge is 2.32. The lowest BCUT2D eigenvalue weighted by atomic mass is 10.1. The highest BCUT2D eigenvalue weighted by Crippen LogP contribution is 2.29. The molecule has 1 atom stereocenters. The third kappa shape index (κ3) is 7.37. The molecule has 12 heteroatoms. The predicted octanol–water partition coefficient (Wildman–Crippen LogP) is 3.56. The van der Waals surface area contributed by atoms with Gasteiger partial charge in [0.05, 0.1) is 23.4 Å². The number of halogens is 1. The largest absolute Gasteiger partial charge is 0.492 e. The first-order valence-corrected chi connectivity index (χ1v) is 15.9. The van der Waals surface area contributed by atoms with E-state index in [0.29, 0.717) is 35.1 Å². The van der Waals surface area contributed by atoms with E-state index in [0.717, 1.165) is 29.8 Å². The molecule has 0 saturated carbocycles. The minimum Gasteiger partial charge on any atom is -0.492 e. The van der Waals surface area contributed by atoms with Crippen LogP contribution in [0.3, 0.4) is 0 Å². The first-order valence-electron chi connectivity index (χ1n) is 12.2. The molecule has 1 aliphatic rings. The molecule has 0 aromatic heterocycles. The van der Waals surface area contributed by atoms with E-state index in [9.17, 15) is 21.6 Å². The number of carbonyl (C=O) groups excluding carboxylic acids is 1. The molecule has 9 nitrogen and oxygen atoms in total. The maximum Gasteiger partial charge on any atom is 0.244 e. The van der Waals surface area contributed by atoms with Crippen LogP contribution in [0.15, 0.2) is 47.4 Å². The van der Waals surface area contributed by atoms with Gasteiger partial charge in [0.2, 0.25) is 26.0 Å². The number of anilines is 1. The van der Waals surface area contributed by atoms with Crippen LogP contribution in [0, 0.1) is 6.92 Å². The van der Waals surface area contributed by atoms with Crippen molar-refractivity contribution in [2.75, 3.05) is 36.8 Å². The maximum atomic E-state index is 13.0. The zero-order valence-electron chi connectivity index (χ0n) is 21.3. The Hall–Kier alpha value is -2.34. The molecule has 3 rings (SSSR count). The summed E-state index contributed by atoms with van der Waals surface area (Å²) in [6.45, 7) is 4.81. The Labute approximate surface area is 224 Å². The van der Waals surface area contributed by atoms with E-state index in [2.05, 4.69) is 5.32 Å². The van der Waals surface area contributed by atoms with Crippen LogP contribution in [-0.2, 0) is 24.8 Å². The molecule has 0 unspecified atom stereocenters. The van der Waals surface area contributed by atoms with Gasteiger partial charge in [0.15, 0.2) is 0 Å². The van der Waals surface area contributed by atoms with Gasteiger partial charge in [-0.25, -0.2) is 16.8 Å². The molecule has 0 spiro atoms. The molecule has 0 aliphatic carbocycles. The molecule has 204 valence electrons. The second-order valence-corrected chi connectivity index (χ2v) is 13.2. The number of ether oxygens (including phenoxy) is 1. The molecular weight excluding hydrogens is 538 g/mol. The lowest BCUT2D eigenvalue weighted by Crippen LogP contribution is -2.50. The zero-order valence-corrected chi connectivity index (χ0v) is 23.7. The fourth-order valence-electron chi connectivity index (χ4n) is 4.28. The molecule has 2 aromatic rings. The van der Waals surface area contributed by atoms with Crippen LogP contribution in [-0.4, -0.2) is 65.6 Å². The predicted molar refractivity (Wildman–Crippen MR) is 145 cm³/mol. The summed E-state index contributed by atoms with van der Waals surface area (Å²) in [4.78, 5) is 13.2. The Morgan fingerprint density at radius 1 is 1.08 bits per heavy atom. The Kier molecular flexibility index (Phi) is 9.85. The molecular formula is C25H34ClN3O6S2. The number of piperidine rings is 1. The Morgan fingerprint density at radius 3 is 2.32 bits per heavy atom. The first kappa shape index (κ1) is 29.2. The molecule has 1 N–H and O–H groups in total. The molecule has 0 radical (unpaired) electrons. The maximum absolute atomic E-state index is 13.0. The van der Waals surface area contributed by atoms with Crippen LogP contribution in [0.2, 0.25) is 5.02 Å². The number of nitrogens with zero attached hydrogens (tertiary/aromatic N) is 2. The van der Waals surface area contributed by atoms with Gasteiger partial charge in [0, 0.05) is 18.1 Å². The smallest absolute Gasteiger partial charge is 0.244 e.